The third kappa shape index (κ3) is 10.0. The number of aliphatic hydroxyl groups excluding tert-OH is 1. The highest BCUT2D eigenvalue weighted by atomic mass is 35.6. The number of carbonyl (C=O) groups is 1. The van der Waals surface area contributed by atoms with Crippen molar-refractivity contribution in [2.45, 2.75) is 24.6 Å². The number of alkyl halides is 3. The summed E-state index contributed by atoms with van der Waals surface area (Å²) in [5.74, 6) is 0.655. The third-order valence-electron chi connectivity index (χ3n) is 3.18. The molecule has 0 aliphatic carbocycles. The van der Waals surface area contributed by atoms with Crippen LogP contribution in [0.15, 0.2) is 41.0 Å². The molecule has 4 N–H and O–H groups in total. The summed E-state index contributed by atoms with van der Waals surface area (Å²) in [6.45, 7) is 5.36. The number of hydrogen-bond donors (Lipinski definition) is 3. The normalized spacial score (nSPS) is 13.2. The first kappa shape index (κ1) is 24.4. The monoisotopic (exact) mass is 451 g/mol. The number of halogens is 3. The van der Waals surface area contributed by atoms with Crippen LogP contribution < -0.4 is 15.8 Å². The van der Waals surface area contributed by atoms with Gasteiger partial charge in [-0.25, -0.2) is 9.79 Å². The highest BCUT2D eigenvalue weighted by Gasteiger charge is 2.22. The van der Waals surface area contributed by atoms with Crippen LogP contribution in [0.25, 0.3) is 0 Å². The molecule has 0 fully saturated rings. The maximum absolute atomic E-state index is 12.0. The van der Waals surface area contributed by atoms with Crippen LogP contribution in [0, 0.1) is 5.41 Å². The number of nitrogens with zero attached hydrogens (tertiary/aromatic N) is 1. The van der Waals surface area contributed by atoms with Crippen LogP contribution in [-0.2, 0) is 4.74 Å². The zero-order valence-electron chi connectivity index (χ0n) is 15.8. The van der Waals surface area contributed by atoms with E-state index in [0.717, 1.165) is 0 Å². The Hall–Kier alpha value is -1.67. The summed E-state index contributed by atoms with van der Waals surface area (Å²) in [5, 5.41) is 11.3. The second kappa shape index (κ2) is 10.8. The average molecular weight is 453 g/mol. The number of allylic oxidation sites excluding steroid dienone is 1. The molecule has 28 heavy (non-hydrogen) atoms. The first-order chi connectivity index (χ1) is 12.9. The highest BCUT2D eigenvalue weighted by molar-refractivity contribution is 6.67. The van der Waals surface area contributed by atoms with Crippen molar-refractivity contribution < 1.29 is 19.4 Å². The van der Waals surface area contributed by atoms with Gasteiger partial charge in [-0.2, -0.15) is 0 Å². The molecule has 0 aliphatic rings. The lowest BCUT2D eigenvalue weighted by Gasteiger charge is -2.19. The lowest BCUT2D eigenvalue weighted by molar-refractivity contribution is 0.154. The third-order valence-corrected chi connectivity index (χ3v) is 3.51. The van der Waals surface area contributed by atoms with Crippen molar-refractivity contribution in [3.8, 4) is 5.75 Å². The van der Waals surface area contributed by atoms with Gasteiger partial charge in [0, 0.05) is 23.3 Å². The van der Waals surface area contributed by atoms with Gasteiger partial charge in [0.2, 0.25) is 3.79 Å². The van der Waals surface area contributed by atoms with Gasteiger partial charge in [-0.3, -0.25) is 5.32 Å². The van der Waals surface area contributed by atoms with E-state index >= 15 is 0 Å². The molecule has 0 aliphatic heterocycles. The molecule has 0 spiro atoms. The first-order valence-electron chi connectivity index (χ1n) is 8.31. The smallest absolute Gasteiger partial charge is 0.412 e. The van der Waals surface area contributed by atoms with Crippen molar-refractivity contribution in [3.63, 3.8) is 0 Å². The maximum atomic E-state index is 12.0. The first-order valence-corrected chi connectivity index (χ1v) is 9.44. The number of amides is 1. The number of alkyl carbamates (subject to hydrolysis) is 1. The van der Waals surface area contributed by atoms with E-state index in [9.17, 15) is 4.79 Å². The van der Waals surface area contributed by atoms with E-state index in [1.807, 2.05) is 20.8 Å². The molecule has 156 valence electrons. The number of aliphatic hydroxyl groups is 1. The van der Waals surface area contributed by atoms with E-state index < -0.39 is 16.5 Å². The summed E-state index contributed by atoms with van der Waals surface area (Å²) in [7, 11) is 0. The fourth-order valence-electron chi connectivity index (χ4n) is 1.69. The highest BCUT2D eigenvalue weighted by Crippen LogP contribution is 2.26. The minimum absolute atomic E-state index is 0.111. The summed E-state index contributed by atoms with van der Waals surface area (Å²) >= 11 is 16.7. The minimum atomic E-state index is -1.73. The van der Waals surface area contributed by atoms with Crippen molar-refractivity contribution in [1.29, 1.82) is 0 Å². The van der Waals surface area contributed by atoms with E-state index in [1.54, 1.807) is 24.3 Å². The number of rotatable bonds is 6. The molecule has 1 rings (SSSR count). The lowest BCUT2D eigenvalue weighted by Crippen LogP contribution is -2.33. The fraction of sp³-hybridized carbons (Fsp3) is 0.444. The predicted octanol–water partition coefficient (Wildman–Crippen LogP) is 4.07. The van der Waals surface area contributed by atoms with Crippen LogP contribution in [0.3, 0.4) is 0 Å². The predicted molar refractivity (Wildman–Crippen MR) is 113 cm³/mol. The molecular formula is C18H24Cl3N3O4. The van der Waals surface area contributed by atoms with E-state index in [2.05, 4.69) is 10.3 Å². The Labute approximate surface area is 179 Å². The van der Waals surface area contributed by atoms with Crippen molar-refractivity contribution in [3.05, 3.63) is 36.0 Å². The summed E-state index contributed by atoms with van der Waals surface area (Å²) in [6, 6.07) is 6.80. The maximum Gasteiger partial charge on any atom is 0.412 e. The zero-order valence-corrected chi connectivity index (χ0v) is 18.1. The molecule has 0 radical (unpaired) electrons. The second-order valence-corrected chi connectivity index (χ2v) is 9.25. The number of nitrogens with one attached hydrogen (secondary N) is 1. The second-order valence-electron chi connectivity index (χ2n) is 6.73. The molecule has 0 heterocycles. The quantitative estimate of drug-likeness (QED) is 0.343. The van der Waals surface area contributed by atoms with E-state index in [-0.39, 0.29) is 24.5 Å². The number of ether oxygens (including phenoxy) is 2. The van der Waals surface area contributed by atoms with Crippen LogP contribution in [-0.4, -0.2) is 40.6 Å². The van der Waals surface area contributed by atoms with E-state index in [4.69, 9.17) is 55.1 Å². The number of hydrogen-bond acceptors (Lipinski definition) is 6. The minimum Gasteiger partial charge on any atom is -0.491 e. The van der Waals surface area contributed by atoms with E-state index in [0.29, 0.717) is 17.1 Å². The topological polar surface area (TPSA) is 106 Å². The molecule has 0 unspecified atom stereocenters. The molecule has 1 amide bonds. The molecule has 0 saturated heterocycles. The molecule has 0 aromatic heterocycles. The van der Waals surface area contributed by atoms with Crippen molar-refractivity contribution in [2.24, 2.45) is 16.1 Å². The van der Waals surface area contributed by atoms with Crippen LogP contribution in [0.4, 0.5) is 10.5 Å². The Morgan fingerprint density at radius 1 is 1.32 bits per heavy atom. The van der Waals surface area contributed by atoms with Crippen molar-refractivity contribution >= 4 is 52.4 Å². The summed E-state index contributed by atoms with van der Waals surface area (Å²) in [6.07, 6.45) is 0.674. The van der Waals surface area contributed by atoms with E-state index in [1.165, 1.54) is 6.08 Å². The molecule has 1 aromatic carbocycles. The summed E-state index contributed by atoms with van der Waals surface area (Å²) in [5.41, 5.74) is 6.72. The zero-order chi connectivity index (χ0) is 21.4. The van der Waals surface area contributed by atoms with Gasteiger partial charge in [0.25, 0.3) is 0 Å². The fourth-order valence-corrected chi connectivity index (χ4v) is 1.86. The Morgan fingerprint density at radius 3 is 2.57 bits per heavy atom. The molecular weight excluding hydrogens is 429 g/mol. The van der Waals surface area contributed by atoms with Gasteiger partial charge in [0.1, 0.15) is 24.8 Å². The SMILES string of the molecule is CC(C)(C)C(N)=CC(=Nc1cccc(OCCO)c1)NC(=O)OCC(Cl)(Cl)Cl. The molecule has 0 bridgehead atoms. The van der Waals surface area contributed by atoms with Crippen LogP contribution >= 0.6 is 34.8 Å². The molecule has 1 aromatic rings. The summed E-state index contributed by atoms with van der Waals surface area (Å²) < 4.78 is 8.50. The van der Waals surface area contributed by atoms with Crippen LogP contribution in [0.2, 0.25) is 0 Å². The molecule has 0 saturated carbocycles. The van der Waals surface area contributed by atoms with Gasteiger partial charge < -0.3 is 20.3 Å². The average Bonchev–Trinajstić information content (AvgIpc) is 2.57. The number of nitrogens with two attached hydrogens (primary N) is 1. The van der Waals surface area contributed by atoms with Gasteiger partial charge in [-0.05, 0) is 12.1 Å². The van der Waals surface area contributed by atoms with Gasteiger partial charge in [-0.15, -0.1) is 0 Å². The Kier molecular flexibility index (Phi) is 9.36. The number of carbonyl (C=O) groups excluding carboxylic acids is 1. The van der Waals surface area contributed by atoms with Gasteiger partial charge in [-0.1, -0.05) is 61.6 Å². The largest absolute Gasteiger partial charge is 0.491 e. The van der Waals surface area contributed by atoms with Crippen molar-refractivity contribution in [1.82, 2.24) is 5.32 Å². The number of aliphatic imine (C=N–C) groups is 1. The Balaban J connectivity index is 3.10. The Morgan fingerprint density at radius 2 is 2.00 bits per heavy atom. The number of benzene rings is 1. The number of amidine groups is 1. The summed E-state index contributed by atoms with van der Waals surface area (Å²) in [4.78, 5) is 16.4. The van der Waals surface area contributed by atoms with Gasteiger partial charge >= 0.3 is 6.09 Å². The van der Waals surface area contributed by atoms with Crippen LogP contribution in [0.1, 0.15) is 20.8 Å². The Bertz CT molecular complexity index is 726. The molecule has 0 atom stereocenters. The van der Waals surface area contributed by atoms with Crippen molar-refractivity contribution in [2.75, 3.05) is 19.8 Å². The van der Waals surface area contributed by atoms with Gasteiger partial charge in [0.05, 0.1) is 12.3 Å². The standard InChI is InChI=1S/C18H24Cl3N3O4/c1-17(2,3)14(22)10-15(24-16(26)28-11-18(19,20)21)23-12-5-4-6-13(9-12)27-8-7-25/h4-6,9-10,25H,7-8,11,22H2,1-3H3,(H,23,24,26). The molecule has 7 nitrogen and oxygen atoms in total. The van der Waals surface area contributed by atoms with Crippen LogP contribution in [0.5, 0.6) is 5.75 Å². The molecule has 10 heteroatoms. The van der Waals surface area contributed by atoms with Gasteiger partial charge in [0.15, 0.2) is 0 Å². The lowest BCUT2D eigenvalue weighted by atomic mass is 9.92.